The fraction of sp³-hybridized carbons (Fsp3) is 0.214. The van der Waals surface area contributed by atoms with E-state index in [1.54, 1.807) is 0 Å². The monoisotopic (exact) mass is 307 g/mol. The molecular formula is C14H14ClN3OS. The number of anilines is 3. The number of nitrogens with two attached hydrogens (primary N) is 1. The van der Waals surface area contributed by atoms with Gasteiger partial charge in [-0.15, -0.1) is 11.3 Å². The molecule has 1 amide bonds. The number of benzene rings is 1. The van der Waals surface area contributed by atoms with Gasteiger partial charge < -0.3 is 16.4 Å². The molecule has 1 aliphatic heterocycles. The molecule has 2 aromatic rings. The predicted molar refractivity (Wildman–Crippen MR) is 84.5 cm³/mol. The summed E-state index contributed by atoms with van der Waals surface area (Å²) in [5, 5.41) is 6.16. The molecule has 2 heterocycles. The van der Waals surface area contributed by atoms with Gasteiger partial charge in [-0.05, 0) is 36.2 Å². The Morgan fingerprint density at radius 2 is 2.20 bits per heavy atom. The zero-order valence-corrected chi connectivity index (χ0v) is 12.3. The average Bonchev–Trinajstić information content (AvgIpc) is 2.83. The van der Waals surface area contributed by atoms with Gasteiger partial charge in [0.2, 0.25) is 5.91 Å². The van der Waals surface area contributed by atoms with Crippen LogP contribution in [0, 0.1) is 0 Å². The smallest absolute Gasteiger partial charge is 0.224 e. The van der Waals surface area contributed by atoms with Gasteiger partial charge in [0.25, 0.3) is 0 Å². The Balaban J connectivity index is 1.79. The second kappa shape index (κ2) is 5.34. The first-order valence-corrected chi connectivity index (χ1v) is 7.51. The molecule has 104 valence electrons. The van der Waals surface area contributed by atoms with E-state index >= 15 is 0 Å². The van der Waals surface area contributed by atoms with Crippen LogP contribution in [0.25, 0.3) is 0 Å². The molecule has 4 nitrogen and oxygen atoms in total. The quantitative estimate of drug-likeness (QED) is 0.761. The standard InChI is InChI=1S/C14H14ClN3OS/c15-13-3-2-9(20-13)7-17-12-6-11-8(5-10(12)16)1-4-14(19)18-11/h2-3,5-6,17H,1,4,7,16H2,(H,18,19). The zero-order valence-electron chi connectivity index (χ0n) is 10.7. The van der Waals surface area contributed by atoms with Crippen molar-refractivity contribution in [1.29, 1.82) is 0 Å². The van der Waals surface area contributed by atoms with Crippen LogP contribution in [0.5, 0.6) is 0 Å². The molecule has 0 atom stereocenters. The lowest BCUT2D eigenvalue weighted by molar-refractivity contribution is -0.116. The molecule has 1 aliphatic rings. The van der Waals surface area contributed by atoms with Crippen molar-refractivity contribution in [2.75, 3.05) is 16.4 Å². The van der Waals surface area contributed by atoms with Crippen LogP contribution in [0.15, 0.2) is 24.3 Å². The molecule has 0 bridgehead atoms. The SMILES string of the molecule is Nc1cc2c(cc1NCc1ccc(Cl)s1)NC(=O)CC2. The number of amides is 1. The number of aryl methyl sites for hydroxylation is 1. The molecule has 6 heteroatoms. The highest BCUT2D eigenvalue weighted by molar-refractivity contribution is 7.16. The van der Waals surface area contributed by atoms with Gasteiger partial charge in [-0.2, -0.15) is 0 Å². The minimum atomic E-state index is 0.0539. The molecule has 1 aromatic carbocycles. The molecule has 4 N–H and O–H groups in total. The fourth-order valence-electron chi connectivity index (χ4n) is 2.23. The summed E-state index contributed by atoms with van der Waals surface area (Å²) in [7, 11) is 0. The van der Waals surface area contributed by atoms with Crippen molar-refractivity contribution in [2.45, 2.75) is 19.4 Å². The maximum Gasteiger partial charge on any atom is 0.224 e. The van der Waals surface area contributed by atoms with Crippen molar-refractivity contribution < 1.29 is 4.79 Å². The van der Waals surface area contributed by atoms with Gasteiger partial charge in [0.1, 0.15) is 0 Å². The predicted octanol–water partition coefficient (Wildman–Crippen LogP) is 3.48. The summed E-state index contributed by atoms with van der Waals surface area (Å²) in [5.74, 6) is 0.0539. The van der Waals surface area contributed by atoms with Gasteiger partial charge in [-0.1, -0.05) is 11.6 Å². The van der Waals surface area contributed by atoms with E-state index in [0.29, 0.717) is 18.7 Å². The number of fused-ring (bicyclic) bond motifs is 1. The fourth-order valence-corrected chi connectivity index (χ4v) is 3.26. The van der Waals surface area contributed by atoms with Gasteiger partial charge in [0.15, 0.2) is 0 Å². The Morgan fingerprint density at radius 3 is 2.95 bits per heavy atom. The largest absolute Gasteiger partial charge is 0.397 e. The molecule has 20 heavy (non-hydrogen) atoms. The number of hydrogen-bond donors (Lipinski definition) is 3. The van der Waals surface area contributed by atoms with Gasteiger partial charge in [0.05, 0.1) is 15.7 Å². The van der Waals surface area contributed by atoms with Crippen molar-refractivity contribution in [1.82, 2.24) is 0 Å². The number of thiophene rings is 1. The third kappa shape index (κ3) is 2.73. The first-order chi connectivity index (χ1) is 9.61. The molecular weight excluding hydrogens is 294 g/mol. The molecule has 0 fully saturated rings. The number of halogens is 1. The van der Waals surface area contributed by atoms with Crippen LogP contribution in [0.3, 0.4) is 0 Å². The second-order valence-electron chi connectivity index (χ2n) is 4.70. The lowest BCUT2D eigenvalue weighted by atomic mass is 10.0. The van der Waals surface area contributed by atoms with Gasteiger partial charge in [0, 0.05) is 23.5 Å². The van der Waals surface area contributed by atoms with Crippen molar-refractivity contribution in [3.8, 4) is 0 Å². The van der Waals surface area contributed by atoms with E-state index in [1.807, 2.05) is 24.3 Å². The van der Waals surface area contributed by atoms with Crippen molar-refractivity contribution >= 4 is 45.9 Å². The Kier molecular flexibility index (Phi) is 3.54. The number of carbonyl (C=O) groups excluding carboxylic acids is 1. The van der Waals surface area contributed by atoms with Crippen LogP contribution in [0.1, 0.15) is 16.9 Å². The summed E-state index contributed by atoms with van der Waals surface area (Å²) in [4.78, 5) is 12.6. The van der Waals surface area contributed by atoms with E-state index in [1.165, 1.54) is 11.3 Å². The maximum atomic E-state index is 11.4. The summed E-state index contributed by atoms with van der Waals surface area (Å²) in [5.41, 5.74) is 9.52. The van der Waals surface area contributed by atoms with Crippen molar-refractivity contribution in [3.63, 3.8) is 0 Å². The summed E-state index contributed by atoms with van der Waals surface area (Å²) >= 11 is 7.44. The molecule has 0 saturated carbocycles. The third-order valence-electron chi connectivity index (χ3n) is 3.25. The van der Waals surface area contributed by atoms with Crippen LogP contribution in [-0.4, -0.2) is 5.91 Å². The van der Waals surface area contributed by atoms with E-state index in [2.05, 4.69) is 10.6 Å². The lowest BCUT2D eigenvalue weighted by Crippen LogP contribution is -2.19. The minimum absolute atomic E-state index is 0.0539. The number of nitrogen functional groups attached to an aromatic ring is 1. The highest BCUT2D eigenvalue weighted by Crippen LogP contribution is 2.31. The first kappa shape index (κ1) is 13.3. The van der Waals surface area contributed by atoms with Crippen LogP contribution in [0.4, 0.5) is 17.1 Å². The van der Waals surface area contributed by atoms with Crippen molar-refractivity contribution in [3.05, 3.63) is 39.0 Å². The van der Waals surface area contributed by atoms with E-state index < -0.39 is 0 Å². The zero-order chi connectivity index (χ0) is 14.1. The average molecular weight is 308 g/mol. The maximum absolute atomic E-state index is 11.4. The highest BCUT2D eigenvalue weighted by atomic mass is 35.5. The topological polar surface area (TPSA) is 67.2 Å². The van der Waals surface area contributed by atoms with Crippen LogP contribution >= 0.6 is 22.9 Å². The summed E-state index contributed by atoms with van der Waals surface area (Å²) in [6, 6.07) is 7.69. The van der Waals surface area contributed by atoms with Crippen LogP contribution in [0.2, 0.25) is 4.34 Å². The summed E-state index contributed by atoms with van der Waals surface area (Å²) in [6.07, 6.45) is 1.26. The normalized spacial score (nSPS) is 13.8. The number of nitrogens with one attached hydrogen (secondary N) is 2. The van der Waals surface area contributed by atoms with Gasteiger partial charge in [-0.25, -0.2) is 0 Å². The summed E-state index contributed by atoms with van der Waals surface area (Å²) in [6.45, 7) is 0.661. The van der Waals surface area contributed by atoms with E-state index in [0.717, 1.165) is 32.6 Å². The number of carbonyl (C=O) groups is 1. The van der Waals surface area contributed by atoms with E-state index in [4.69, 9.17) is 17.3 Å². The highest BCUT2D eigenvalue weighted by Gasteiger charge is 2.16. The van der Waals surface area contributed by atoms with E-state index in [-0.39, 0.29) is 5.91 Å². The second-order valence-corrected chi connectivity index (χ2v) is 6.50. The molecule has 0 spiro atoms. The van der Waals surface area contributed by atoms with Gasteiger partial charge >= 0.3 is 0 Å². The Morgan fingerprint density at radius 1 is 1.35 bits per heavy atom. The molecule has 0 aliphatic carbocycles. The first-order valence-electron chi connectivity index (χ1n) is 6.32. The van der Waals surface area contributed by atoms with Gasteiger partial charge in [-0.3, -0.25) is 4.79 Å². The van der Waals surface area contributed by atoms with Crippen molar-refractivity contribution in [2.24, 2.45) is 0 Å². The lowest BCUT2D eigenvalue weighted by Gasteiger charge is -2.19. The number of hydrogen-bond acceptors (Lipinski definition) is 4. The molecule has 3 rings (SSSR count). The van der Waals surface area contributed by atoms with Crippen LogP contribution < -0.4 is 16.4 Å². The molecule has 0 saturated heterocycles. The Hall–Kier alpha value is -1.72. The molecule has 0 unspecified atom stereocenters. The summed E-state index contributed by atoms with van der Waals surface area (Å²) < 4.78 is 0.771. The number of rotatable bonds is 3. The Labute approximate surface area is 125 Å². The van der Waals surface area contributed by atoms with E-state index in [9.17, 15) is 4.79 Å². The third-order valence-corrected chi connectivity index (χ3v) is 4.48. The van der Waals surface area contributed by atoms with Crippen LogP contribution in [-0.2, 0) is 17.8 Å². The molecule has 0 radical (unpaired) electrons. The molecule has 1 aromatic heterocycles. The Bertz CT molecular complexity index is 668. The minimum Gasteiger partial charge on any atom is -0.397 e.